The minimum Gasteiger partial charge on any atom is -0.310 e. The Balaban J connectivity index is 2.01. The van der Waals surface area contributed by atoms with Gasteiger partial charge in [-0.15, -0.1) is 10.2 Å². The highest BCUT2D eigenvalue weighted by atomic mass is 35.5. The Morgan fingerprint density at radius 1 is 1.44 bits per heavy atom. The van der Waals surface area contributed by atoms with Crippen LogP contribution in [0.5, 0.6) is 0 Å². The van der Waals surface area contributed by atoms with Gasteiger partial charge in [0.15, 0.2) is 0 Å². The fraction of sp³-hybridized carbons (Fsp3) is 0.545. The molecule has 0 atom stereocenters. The van der Waals surface area contributed by atoms with E-state index in [1.807, 2.05) is 6.92 Å². The first-order valence-corrected chi connectivity index (χ1v) is 7.01. The normalized spacial score (nSPS) is 11.4. The van der Waals surface area contributed by atoms with E-state index in [1.54, 1.807) is 10.9 Å². The van der Waals surface area contributed by atoms with Crippen molar-refractivity contribution < 1.29 is 0 Å². The second kappa shape index (κ2) is 5.77. The van der Waals surface area contributed by atoms with Gasteiger partial charge in [-0.25, -0.2) is 4.68 Å². The maximum atomic E-state index is 5.97. The predicted molar refractivity (Wildman–Crippen MR) is 73.3 cm³/mol. The molecule has 2 rings (SSSR count). The van der Waals surface area contributed by atoms with E-state index in [0.717, 1.165) is 28.9 Å². The lowest BCUT2D eigenvalue weighted by Gasteiger charge is -2.03. The summed E-state index contributed by atoms with van der Waals surface area (Å²) >= 11 is 7.48. The molecule has 0 aliphatic heterocycles. The molecule has 0 aliphatic rings. The van der Waals surface area contributed by atoms with Crippen LogP contribution in [0.25, 0.3) is 5.13 Å². The van der Waals surface area contributed by atoms with Crippen LogP contribution in [-0.2, 0) is 6.54 Å². The van der Waals surface area contributed by atoms with E-state index in [-0.39, 0.29) is 0 Å². The van der Waals surface area contributed by atoms with Gasteiger partial charge in [0.25, 0.3) is 0 Å². The van der Waals surface area contributed by atoms with Gasteiger partial charge >= 0.3 is 0 Å². The zero-order chi connectivity index (χ0) is 13.1. The molecule has 0 saturated heterocycles. The summed E-state index contributed by atoms with van der Waals surface area (Å²) in [6.07, 6.45) is 1.75. The quantitative estimate of drug-likeness (QED) is 0.917. The number of rotatable bonds is 5. The van der Waals surface area contributed by atoms with Crippen LogP contribution < -0.4 is 5.32 Å². The number of nitrogens with zero attached hydrogens (tertiary/aromatic N) is 4. The summed E-state index contributed by atoms with van der Waals surface area (Å²) in [4.78, 5) is 0. The maximum Gasteiger partial charge on any atom is 0.232 e. The van der Waals surface area contributed by atoms with Gasteiger partial charge in [-0.05, 0) is 19.4 Å². The van der Waals surface area contributed by atoms with Crippen LogP contribution in [0.2, 0.25) is 5.02 Å². The van der Waals surface area contributed by atoms with E-state index in [9.17, 15) is 0 Å². The van der Waals surface area contributed by atoms with E-state index in [0.29, 0.717) is 10.9 Å². The first-order chi connectivity index (χ1) is 8.56. The van der Waals surface area contributed by atoms with Crippen molar-refractivity contribution in [1.82, 2.24) is 25.3 Å². The summed E-state index contributed by atoms with van der Waals surface area (Å²) < 4.78 is 1.67. The molecule has 2 heterocycles. The van der Waals surface area contributed by atoms with Crippen LogP contribution in [0, 0.1) is 12.8 Å². The SMILES string of the molecule is Cc1nn(-c2nnc(CNCC(C)C)s2)cc1Cl. The van der Waals surface area contributed by atoms with Gasteiger partial charge in [0.1, 0.15) is 5.01 Å². The predicted octanol–water partition coefficient (Wildman–Crippen LogP) is 2.43. The first-order valence-electron chi connectivity index (χ1n) is 5.81. The number of aromatic nitrogens is 4. The molecule has 0 aromatic carbocycles. The number of halogens is 1. The number of hydrogen-bond acceptors (Lipinski definition) is 5. The topological polar surface area (TPSA) is 55.6 Å². The number of aryl methyl sites for hydroxylation is 1. The largest absolute Gasteiger partial charge is 0.310 e. The third-order valence-corrected chi connectivity index (χ3v) is 3.60. The highest BCUT2D eigenvalue weighted by Gasteiger charge is 2.09. The molecular weight excluding hydrogens is 270 g/mol. The molecule has 0 radical (unpaired) electrons. The Hall–Kier alpha value is -0.980. The van der Waals surface area contributed by atoms with Crippen molar-refractivity contribution in [3.05, 3.63) is 21.9 Å². The summed E-state index contributed by atoms with van der Waals surface area (Å²) in [5.41, 5.74) is 0.798. The zero-order valence-electron chi connectivity index (χ0n) is 10.6. The molecule has 7 heteroatoms. The van der Waals surface area contributed by atoms with E-state index in [2.05, 4.69) is 34.5 Å². The van der Waals surface area contributed by atoms with E-state index >= 15 is 0 Å². The monoisotopic (exact) mass is 285 g/mol. The van der Waals surface area contributed by atoms with E-state index in [1.165, 1.54) is 11.3 Å². The van der Waals surface area contributed by atoms with Gasteiger partial charge in [0.2, 0.25) is 5.13 Å². The van der Waals surface area contributed by atoms with Crippen LogP contribution in [0.15, 0.2) is 6.20 Å². The molecule has 1 N–H and O–H groups in total. The smallest absolute Gasteiger partial charge is 0.232 e. The maximum absolute atomic E-state index is 5.97. The molecule has 0 saturated carbocycles. The molecule has 0 bridgehead atoms. The molecule has 0 unspecified atom stereocenters. The van der Waals surface area contributed by atoms with E-state index in [4.69, 9.17) is 11.6 Å². The molecule has 0 amide bonds. The molecule has 0 spiro atoms. The van der Waals surface area contributed by atoms with Crippen molar-refractivity contribution in [3.8, 4) is 5.13 Å². The lowest BCUT2D eigenvalue weighted by atomic mass is 10.2. The summed E-state index contributed by atoms with van der Waals surface area (Å²) in [5, 5.41) is 18.2. The van der Waals surface area contributed by atoms with Crippen molar-refractivity contribution in [1.29, 1.82) is 0 Å². The number of nitrogens with one attached hydrogen (secondary N) is 1. The lowest BCUT2D eigenvalue weighted by Crippen LogP contribution is -2.18. The minimum absolute atomic E-state index is 0.630. The van der Waals surface area contributed by atoms with Crippen LogP contribution in [0.4, 0.5) is 0 Å². The van der Waals surface area contributed by atoms with Crippen molar-refractivity contribution in [2.24, 2.45) is 5.92 Å². The standard InChI is InChI=1S/C11H16ClN5S/c1-7(2)4-13-5-10-14-15-11(18-10)17-6-9(12)8(3)16-17/h6-7,13H,4-5H2,1-3H3. The van der Waals surface area contributed by atoms with Crippen molar-refractivity contribution in [3.63, 3.8) is 0 Å². The molecule has 18 heavy (non-hydrogen) atoms. The van der Waals surface area contributed by atoms with Gasteiger partial charge in [-0.2, -0.15) is 5.10 Å². The molecular formula is C11H16ClN5S. The summed E-state index contributed by atoms with van der Waals surface area (Å²) in [7, 11) is 0. The fourth-order valence-corrected chi connectivity index (χ4v) is 2.28. The Labute approximate surface area is 115 Å². The van der Waals surface area contributed by atoms with Crippen LogP contribution in [-0.4, -0.2) is 26.5 Å². The second-order valence-corrected chi connectivity index (χ2v) is 5.96. The van der Waals surface area contributed by atoms with Crippen LogP contribution in [0.3, 0.4) is 0 Å². The summed E-state index contributed by atoms with van der Waals surface area (Å²) in [6, 6.07) is 0. The Morgan fingerprint density at radius 2 is 2.22 bits per heavy atom. The van der Waals surface area contributed by atoms with E-state index < -0.39 is 0 Å². The van der Waals surface area contributed by atoms with Gasteiger partial charge < -0.3 is 5.32 Å². The molecule has 2 aromatic rings. The van der Waals surface area contributed by atoms with Gasteiger partial charge in [-0.3, -0.25) is 0 Å². The zero-order valence-corrected chi connectivity index (χ0v) is 12.2. The van der Waals surface area contributed by atoms with Crippen molar-refractivity contribution >= 4 is 22.9 Å². The highest BCUT2D eigenvalue weighted by Crippen LogP contribution is 2.19. The lowest BCUT2D eigenvalue weighted by molar-refractivity contribution is 0.550. The molecule has 0 aliphatic carbocycles. The average molecular weight is 286 g/mol. The molecule has 2 aromatic heterocycles. The third-order valence-electron chi connectivity index (χ3n) is 2.32. The van der Waals surface area contributed by atoms with Gasteiger partial charge in [-0.1, -0.05) is 36.8 Å². The fourth-order valence-electron chi connectivity index (χ4n) is 1.41. The highest BCUT2D eigenvalue weighted by molar-refractivity contribution is 7.13. The molecule has 5 nitrogen and oxygen atoms in total. The Bertz CT molecular complexity index is 500. The molecule has 98 valence electrons. The van der Waals surface area contributed by atoms with Crippen LogP contribution in [0.1, 0.15) is 24.5 Å². The average Bonchev–Trinajstić information content (AvgIpc) is 2.87. The van der Waals surface area contributed by atoms with Crippen molar-refractivity contribution in [2.45, 2.75) is 27.3 Å². The molecule has 0 fully saturated rings. The second-order valence-electron chi connectivity index (χ2n) is 4.51. The first kappa shape index (κ1) is 13.5. The van der Waals surface area contributed by atoms with Crippen molar-refractivity contribution in [2.75, 3.05) is 6.54 Å². The summed E-state index contributed by atoms with van der Waals surface area (Å²) in [5.74, 6) is 0.630. The minimum atomic E-state index is 0.630. The third kappa shape index (κ3) is 3.28. The Kier molecular flexibility index (Phi) is 4.31. The van der Waals surface area contributed by atoms with Crippen LogP contribution >= 0.6 is 22.9 Å². The Morgan fingerprint density at radius 3 is 2.83 bits per heavy atom. The van der Waals surface area contributed by atoms with Gasteiger partial charge in [0.05, 0.1) is 16.9 Å². The summed E-state index contributed by atoms with van der Waals surface area (Å²) in [6.45, 7) is 7.93. The number of hydrogen-bond donors (Lipinski definition) is 1. The van der Waals surface area contributed by atoms with Gasteiger partial charge in [0, 0.05) is 6.54 Å².